The number of nitrogens with zero attached hydrogens (tertiary/aromatic N) is 2. The van der Waals surface area contributed by atoms with E-state index in [0.717, 1.165) is 72.6 Å². The lowest BCUT2D eigenvalue weighted by molar-refractivity contribution is -0.438. The number of amides is 1. The van der Waals surface area contributed by atoms with Gasteiger partial charge in [0.05, 0.1) is 17.8 Å². The van der Waals surface area contributed by atoms with Crippen LogP contribution in [0.2, 0.25) is 0 Å². The van der Waals surface area contributed by atoms with E-state index in [9.17, 15) is 22.3 Å². The van der Waals surface area contributed by atoms with E-state index in [1.807, 2.05) is 6.07 Å². The van der Waals surface area contributed by atoms with Crippen molar-refractivity contribution in [3.05, 3.63) is 106 Å². The summed E-state index contributed by atoms with van der Waals surface area (Å²) in [6.45, 7) is 12.6. The Labute approximate surface area is 351 Å². The van der Waals surface area contributed by atoms with Crippen molar-refractivity contribution in [1.29, 1.82) is 0 Å². The number of hydrogen-bond donors (Lipinski definition) is 2. The number of nitrogens with one attached hydrogen (secondary N) is 1. The summed E-state index contributed by atoms with van der Waals surface area (Å²) in [5.74, 6) is -0.229. The predicted octanol–water partition coefficient (Wildman–Crippen LogP) is 10.1. The van der Waals surface area contributed by atoms with Gasteiger partial charge in [0.25, 0.3) is 10.1 Å². The van der Waals surface area contributed by atoms with Crippen LogP contribution in [0.5, 0.6) is 0 Å². The fraction of sp³-hybridized carbons (Fsp3) is 0.511. The number of allylic oxidation sites excluding steroid dienone is 8. The van der Waals surface area contributed by atoms with Crippen molar-refractivity contribution in [2.45, 2.75) is 103 Å². The van der Waals surface area contributed by atoms with Gasteiger partial charge in [-0.05, 0) is 94.1 Å². The van der Waals surface area contributed by atoms with E-state index in [1.165, 1.54) is 36.3 Å². The molecular weight excluding hydrogens is 793 g/mol. The molecule has 0 bridgehead atoms. The van der Waals surface area contributed by atoms with E-state index in [4.69, 9.17) is 20.6 Å². The first kappa shape index (κ1) is 45.8. The molecule has 13 heteroatoms. The van der Waals surface area contributed by atoms with Crippen molar-refractivity contribution in [1.82, 2.24) is 5.32 Å². The van der Waals surface area contributed by atoms with Crippen LogP contribution < -0.4 is 10.2 Å². The second kappa shape index (κ2) is 19.8. The number of rotatable bonds is 20. The number of anilines is 1. The number of fused-ring (bicyclic) bond motifs is 2. The summed E-state index contributed by atoms with van der Waals surface area (Å²) in [5, 5.41) is 3.72. The average molecular weight is 855 g/mol. The SMILES string of the molecule is COP(C)(=O)OCCCNC(=O)CCCCC[N+]1=C(C=CC2=C(Cl)C(=CC=C3N(CCCCS(=O)(=O)O)c4ccccc4C3(C)C)CCC2)C(C)(C)c2ccccc21. The van der Waals surface area contributed by atoms with Gasteiger partial charge in [-0.25, -0.2) is 0 Å². The van der Waals surface area contributed by atoms with Gasteiger partial charge < -0.3 is 19.3 Å². The molecule has 0 radical (unpaired) electrons. The Morgan fingerprint density at radius 1 is 0.948 bits per heavy atom. The molecule has 10 nitrogen and oxygen atoms in total. The third-order valence-electron chi connectivity index (χ3n) is 11.6. The number of carbonyl (C=O) groups is 1. The number of halogens is 1. The topological polar surface area (TPSA) is 125 Å². The maximum absolute atomic E-state index is 12.4. The Morgan fingerprint density at radius 3 is 2.41 bits per heavy atom. The van der Waals surface area contributed by atoms with Crippen LogP contribution in [-0.4, -0.2) is 74.9 Å². The van der Waals surface area contributed by atoms with E-state index in [2.05, 4.69) is 109 Å². The van der Waals surface area contributed by atoms with Gasteiger partial charge in [-0.15, -0.1) is 0 Å². The van der Waals surface area contributed by atoms with Gasteiger partial charge in [-0.2, -0.15) is 13.0 Å². The van der Waals surface area contributed by atoms with Crippen molar-refractivity contribution in [3.63, 3.8) is 0 Å². The summed E-state index contributed by atoms with van der Waals surface area (Å²) in [6.07, 6.45) is 16.3. The van der Waals surface area contributed by atoms with Gasteiger partial charge in [0.15, 0.2) is 5.71 Å². The van der Waals surface area contributed by atoms with Crippen LogP contribution in [0, 0.1) is 0 Å². The maximum Gasteiger partial charge on any atom is 0.327 e. The quantitative estimate of drug-likeness (QED) is 0.0584. The normalized spacial score (nSPS) is 20.0. The molecule has 2 heterocycles. The first-order chi connectivity index (χ1) is 27.5. The van der Waals surface area contributed by atoms with Crippen LogP contribution >= 0.6 is 19.2 Å². The van der Waals surface area contributed by atoms with Crippen LogP contribution in [0.1, 0.15) is 103 Å². The molecule has 2 aromatic carbocycles. The molecule has 58 heavy (non-hydrogen) atoms. The van der Waals surface area contributed by atoms with Crippen molar-refractivity contribution in [2.24, 2.45) is 0 Å². The minimum Gasteiger partial charge on any atom is -0.356 e. The standard InChI is InChI=1S/C45H61ClN3O7PS/c1-44(2)36-20-9-11-22-38(36)48(30-13-7-8-24-42(50)47-29-17-32-56-57(6,51)55-5)40(44)27-25-34-18-16-19-35(43(34)46)26-28-41-45(3,4)37-21-10-12-23-39(37)49(41)31-14-15-33-58(52,53)54/h9-12,20-23,25-28H,7-8,13-19,24,29-33H2,1-6H3,(H-,47,50,52,53,54)/p+1. The zero-order valence-corrected chi connectivity index (χ0v) is 37.5. The van der Waals surface area contributed by atoms with Crippen LogP contribution in [0.4, 0.5) is 11.4 Å². The number of unbranched alkanes of at least 4 members (excludes halogenated alkanes) is 3. The monoisotopic (exact) mass is 854 g/mol. The lowest BCUT2D eigenvalue weighted by Gasteiger charge is -2.27. The summed E-state index contributed by atoms with van der Waals surface area (Å²) >= 11 is 7.23. The van der Waals surface area contributed by atoms with Gasteiger partial charge in [0.1, 0.15) is 6.54 Å². The van der Waals surface area contributed by atoms with Crippen molar-refractivity contribution < 1.29 is 36.0 Å². The molecule has 3 aliphatic rings. The van der Waals surface area contributed by atoms with E-state index in [0.29, 0.717) is 38.8 Å². The smallest absolute Gasteiger partial charge is 0.327 e. The van der Waals surface area contributed by atoms with Crippen molar-refractivity contribution in [2.75, 3.05) is 50.7 Å². The largest absolute Gasteiger partial charge is 0.356 e. The highest BCUT2D eigenvalue weighted by molar-refractivity contribution is 7.85. The minimum absolute atomic E-state index is 0.0136. The zero-order valence-electron chi connectivity index (χ0n) is 35.1. The van der Waals surface area contributed by atoms with Gasteiger partial charge in [-0.1, -0.05) is 74.0 Å². The molecule has 0 saturated carbocycles. The molecule has 1 aliphatic carbocycles. The summed E-state index contributed by atoms with van der Waals surface area (Å²) < 4.78 is 56.3. The molecule has 2 N–H and O–H groups in total. The molecule has 316 valence electrons. The highest BCUT2D eigenvalue weighted by atomic mass is 35.5. The number of carbonyl (C=O) groups excluding carboxylic acids is 1. The first-order valence-corrected chi connectivity index (χ1v) is 24.5. The molecule has 5 rings (SSSR count). The van der Waals surface area contributed by atoms with E-state index in [1.54, 1.807) is 0 Å². The third-order valence-corrected chi connectivity index (χ3v) is 14.2. The van der Waals surface area contributed by atoms with Crippen LogP contribution in [0.3, 0.4) is 0 Å². The van der Waals surface area contributed by atoms with Gasteiger partial charge in [-0.3, -0.25) is 13.9 Å². The Morgan fingerprint density at radius 2 is 1.67 bits per heavy atom. The highest BCUT2D eigenvalue weighted by Gasteiger charge is 2.44. The van der Waals surface area contributed by atoms with Crippen LogP contribution in [0.25, 0.3) is 0 Å². The van der Waals surface area contributed by atoms with Gasteiger partial charge >= 0.3 is 7.60 Å². The second-order valence-corrected chi connectivity index (χ2v) is 20.7. The average Bonchev–Trinajstić information content (AvgIpc) is 3.53. The lowest BCUT2D eigenvalue weighted by Crippen LogP contribution is -2.28. The number of benzene rings is 2. The van der Waals surface area contributed by atoms with Gasteiger partial charge in [0.2, 0.25) is 11.6 Å². The predicted molar refractivity (Wildman–Crippen MR) is 236 cm³/mol. The highest BCUT2D eigenvalue weighted by Crippen LogP contribution is 2.48. The molecular formula is C45H62ClN3O7PS+. The number of hydrogen-bond acceptors (Lipinski definition) is 7. The summed E-state index contributed by atoms with van der Waals surface area (Å²) in [5.41, 5.74) is 8.98. The second-order valence-electron chi connectivity index (χ2n) is 16.5. The summed E-state index contributed by atoms with van der Waals surface area (Å²) in [6, 6.07) is 17.0. The number of para-hydroxylation sites is 2. The van der Waals surface area contributed by atoms with E-state index < -0.39 is 17.7 Å². The van der Waals surface area contributed by atoms with Crippen LogP contribution in [-0.2, 0) is 39.4 Å². The van der Waals surface area contributed by atoms with Crippen molar-refractivity contribution >= 4 is 52.3 Å². The first-order valence-electron chi connectivity index (χ1n) is 20.6. The molecule has 0 spiro atoms. The minimum atomic E-state index is -4.00. The Bertz CT molecular complexity index is 2140. The maximum atomic E-state index is 12.4. The molecule has 2 aromatic rings. The van der Waals surface area contributed by atoms with Crippen LogP contribution in [0.15, 0.2) is 94.7 Å². The molecule has 2 aliphatic heterocycles. The third kappa shape index (κ3) is 11.5. The Balaban J connectivity index is 1.28. The molecule has 1 unspecified atom stereocenters. The molecule has 1 atom stereocenters. The molecule has 1 amide bonds. The van der Waals surface area contributed by atoms with Gasteiger partial charge in [0, 0.05) is 79.2 Å². The molecule has 0 saturated heterocycles. The van der Waals surface area contributed by atoms with E-state index in [-0.39, 0.29) is 29.1 Å². The Hall–Kier alpha value is -3.31. The lowest BCUT2D eigenvalue weighted by atomic mass is 9.81. The Kier molecular flexibility index (Phi) is 15.7. The summed E-state index contributed by atoms with van der Waals surface area (Å²) in [4.78, 5) is 14.7. The molecule has 0 aromatic heterocycles. The van der Waals surface area contributed by atoms with Crippen molar-refractivity contribution in [3.8, 4) is 0 Å². The molecule has 0 fully saturated rings. The fourth-order valence-electron chi connectivity index (χ4n) is 8.29. The fourth-order valence-corrected chi connectivity index (χ4v) is 9.74. The zero-order chi connectivity index (χ0) is 42.1. The van der Waals surface area contributed by atoms with E-state index >= 15 is 0 Å². The summed E-state index contributed by atoms with van der Waals surface area (Å²) in [7, 11) is -5.64.